The number of hydrogen-bond acceptors (Lipinski definition) is 3. The highest BCUT2D eigenvalue weighted by molar-refractivity contribution is 5.29. The Hall–Kier alpha value is -1.94. The molecule has 1 aliphatic carbocycles. The van der Waals surface area contributed by atoms with E-state index in [1.54, 1.807) is 19.1 Å². The van der Waals surface area contributed by atoms with Crippen molar-refractivity contribution in [3.05, 3.63) is 59.2 Å². The van der Waals surface area contributed by atoms with E-state index < -0.39 is 0 Å². The van der Waals surface area contributed by atoms with E-state index in [1.807, 2.05) is 18.2 Å². The molecule has 1 fully saturated rings. The van der Waals surface area contributed by atoms with Crippen molar-refractivity contribution in [3.63, 3.8) is 0 Å². The van der Waals surface area contributed by atoms with Crippen LogP contribution in [0.15, 0.2) is 36.4 Å². The van der Waals surface area contributed by atoms with Crippen molar-refractivity contribution in [2.75, 3.05) is 0 Å². The first-order valence-corrected chi connectivity index (χ1v) is 7.28. The van der Waals surface area contributed by atoms with Gasteiger partial charge in [0.2, 0.25) is 0 Å². The van der Waals surface area contributed by atoms with Crippen LogP contribution < -0.4 is 10.1 Å². The Bertz CT molecular complexity index is 626. The molecule has 3 rings (SSSR count). The predicted molar refractivity (Wildman–Crippen MR) is 79.6 cm³/mol. The Morgan fingerprint density at radius 3 is 2.81 bits per heavy atom. The Balaban J connectivity index is 1.58. The van der Waals surface area contributed by atoms with Crippen LogP contribution in [0.3, 0.4) is 0 Å². The van der Waals surface area contributed by atoms with Crippen LogP contribution in [0, 0.1) is 12.7 Å². The summed E-state index contributed by atoms with van der Waals surface area (Å²) in [6.45, 7) is 2.92. The minimum atomic E-state index is -0.214. The average molecular weight is 286 g/mol. The second-order valence-electron chi connectivity index (χ2n) is 5.48. The SMILES string of the molecule is Cc1cc(OCc2cccc(CNC3CC3)n2)ccc1F. The molecule has 1 N–H and O–H groups in total. The summed E-state index contributed by atoms with van der Waals surface area (Å²) in [6, 6.07) is 11.4. The minimum absolute atomic E-state index is 0.214. The van der Waals surface area contributed by atoms with Gasteiger partial charge in [-0.05, 0) is 55.7 Å². The van der Waals surface area contributed by atoms with Crippen LogP contribution in [-0.2, 0) is 13.2 Å². The number of aromatic nitrogens is 1. The second kappa shape index (κ2) is 6.22. The van der Waals surface area contributed by atoms with Crippen molar-refractivity contribution < 1.29 is 9.13 Å². The average Bonchev–Trinajstić information content (AvgIpc) is 3.31. The molecule has 1 saturated carbocycles. The Kier molecular flexibility index (Phi) is 4.15. The maximum Gasteiger partial charge on any atom is 0.130 e. The topological polar surface area (TPSA) is 34.1 Å². The van der Waals surface area contributed by atoms with Gasteiger partial charge in [-0.2, -0.15) is 0 Å². The van der Waals surface area contributed by atoms with E-state index in [0.29, 0.717) is 24.0 Å². The van der Waals surface area contributed by atoms with Crippen LogP contribution in [0.25, 0.3) is 0 Å². The third kappa shape index (κ3) is 4.02. The molecule has 3 nitrogen and oxygen atoms in total. The molecule has 0 atom stereocenters. The Morgan fingerprint density at radius 2 is 2.05 bits per heavy atom. The van der Waals surface area contributed by atoms with Gasteiger partial charge in [0.15, 0.2) is 0 Å². The number of ether oxygens (including phenoxy) is 1. The number of pyridine rings is 1. The first-order chi connectivity index (χ1) is 10.2. The van der Waals surface area contributed by atoms with Gasteiger partial charge < -0.3 is 10.1 Å². The molecular formula is C17H19FN2O. The largest absolute Gasteiger partial charge is 0.487 e. The number of hydrogen-bond donors (Lipinski definition) is 1. The third-order valence-electron chi connectivity index (χ3n) is 3.53. The van der Waals surface area contributed by atoms with Crippen molar-refractivity contribution in [1.29, 1.82) is 0 Å². The molecule has 21 heavy (non-hydrogen) atoms. The van der Waals surface area contributed by atoms with Crippen molar-refractivity contribution >= 4 is 0 Å². The lowest BCUT2D eigenvalue weighted by molar-refractivity contribution is 0.300. The first kappa shape index (κ1) is 14.0. The van der Waals surface area contributed by atoms with Gasteiger partial charge >= 0.3 is 0 Å². The molecule has 1 aromatic heterocycles. The van der Waals surface area contributed by atoms with Crippen LogP contribution in [0.5, 0.6) is 5.75 Å². The number of benzene rings is 1. The fourth-order valence-electron chi connectivity index (χ4n) is 2.11. The number of aryl methyl sites for hydroxylation is 1. The van der Waals surface area contributed by atoms with Crippen molar-refractivity contribution in [3.8, 4) is 5.75 Å². The number of rotatable bonds is 6. The molecule has 1 heterocycles. The van der Waals surface area contributed by atoms with Crippen LogP contribution in [0.4, 0.5) is 4.39 Å². The maximum absolute atomic E-state index is 13.2. The molecular weight excluding hydrogens is 267 g/mol. The molecule has 1 aliphatic rings. The number of nitrogens with zero attached hydrogens (tertiary/aromatic N) is 1. The summed E-state index contributed by atoms with van der Waals surface area (Å²) < 4.78 is 18.9. The van der Waals surface area contributed by atoms with Crippen LogP contribution >= 0.6 is 0 Å². The highest BCUT2D eigenvalue weighted by Crippen LogP contribution is 2.19. The summed E-state index contributed by atoms with van der Waals surface area (Å²) in [5, 5.41) is 3.44. The molecule has 4 heteroatoms. The van der Waals surface area contributed by atoms with Crippen molar-refractivity contribution in [2.45, 2.75) is 39.0 Å². The molecule has 0 unspecified atom stereocenters. The zero-order chi connectivity index (χ0) is 14.7. The van der Waals surface area contributed by atoms with Gasteiger partial charge in [0, 0.05) is 12.6 Å². The quantitative estimate of drug-likeness (QED) is 0.884. The maximum atomic E-state index is 13.2. The van der Waals surface area contributed by atoms with Gasteiger partial charge in [-0.15, -0.1) is 0 Å². The fourth-order valence-corrected chi connectivity index (χ4v) is 2.11. The van der Waals surface area contributed by atoms with E-state index in [4.69, 9.17) is 4.74 Å². The van der Waals surface area contributed by atoms with Gasteiger partial charge in [-0.25, -0.2) is 4.39 Å². The Labute approximate surface area is 124 Å². The summed E-state index contributed by atoms with van der Waals surface area (Å²) in [6.07, 6.45) is 2.54. The van der Waals surface area contributed by atoms with Gasteiger partial charge in [0.25, 0.3) is 0 Å². The highest BCUT2D eigenvalue weighted by Gasteiger charge is 2.20. The molecule has 2 aromatic rings. The summed E-state index contributed by atoms with van der Waals surface area (Å²) in [5.41, 5.74) is 2.49. The van der Waals surface area contributed by atoms with Gasteiger partial charge in [0.1, 0.15) is 18.2 Å². The van der Waals surface area contributed by atoms with Gasteiger partial charge in [-0.1, -0.05) is 6.07 Å². The molecule has 0 aliphatic heterocycles. The van der Waals surface area contributed by atoms with Gasteiger partial charge in [-0.3, -0.25) is 4.98 Å². The summed E-state index contributed by atoms with van der Waals surface area (Å²) in [7, 11) is 0. The standard InChI is InChI=1S/C17H19FN2O/c1-12-9-16(7-8-17(12)18)21-11-15-4-2-3-14(20-15)10-19-13-5-6-13/h2-4,7-9,13,19H,5-6,10-11H2,1H3. The molecule has 0 bridgehead atoms. The fraction of sp³-hybridized carbons (Fsp3) is 0.353. The molecule has 0 radical (unpaired) electrons. The number of halogens is 1. The highest BCUT2D eigenvalue weighted by atomic mass is 19.1. The first-order valence-electron chi connectivity index (χ1n) is 7.28. The van der Waals surface area contributed by atoms with E-state index in [0.717, 1.165) is 17.9 Å². The molecule has 1 aromatic carbocycles. The van der Waals surface area contributed by atoms with Crippen LogP contribution in [0.1, 0.15) is 29.8 Å². The normalized spacial score (nSPS) is 14.2. The monoisotopic (exact) mass is 286 g/mol. The predicted octanol–water partition coefficient (Wildman–Crippen LogP) is 3.36. The lowest BCUT2D eigenvalue weighted by Crippen LogP contribution is -2.16. The minimum Gasteiger partial charge on any atom is -0.487 e. The molecule has 0 amide bonds. The van der Waals surface area contributed by atoms with E-state index >= 15 is 0 Å². The van der Waals surface area contributed by atoms with E-state index in [2.05, 4.69) is 10.3 Å². The zero-order valence-electron chi connectivity index (χ0n) is 12.1. The lowest BCUT2D eigenvalue weighted by Gasteiger charge is -2.08. The molecule has 0 spiro atoms. The second-order valence-corrected chi connectivity index (χ2v) is 5.48. The lowest BCUT2D eigenvalue weighted by atomic mass is 10.2. The summed E-state index contributed by atoms with van der Waals surface area (Å²) in [5.74, 6) is 0.450. The van der Waals surface area contributed by atoms with Crippen LogP contribution in [-0.4, -0.2) is 11.0 Å². The van der Waals surface area contributed by atoms with Crippen molar-refractivity contribution in [2.24, 2.45) is 0 Å². The smallest absolute Gasteiger partial charge is 0.130 e. The number of nitrogens with one attached hydrogen (secondary N) is 1. The van der Waals surface area contributed by atoms with E-state index in [9.17, 15) is 4.39 Å². The van der Waals surface area contributed by atoms with E-state index in [1.165, 1.54) is 18.9 Å². The summed E-state index contributed by atoms with van der Waals surface area (Å²) in [4.78, 5) is 4.57. The third-order valence-corrected chi connectivity index (χ3v) is 3.53. The van der Waals surface area contributed by atoms with Gasteiger partial charge in [0.05, 0.1) is 11.4 Å². The Morgan fingerprint density at radius 1 is 1.24 bits per heavy atom. The van der Waals surface area contributed by atoms with Crippen LogP contribution in [0.2, 0.25) is 0 Å². The molecule has 110 valence electrons. The summed E-state index contributed by atoms with van der Waals surface area (Å²) >= 11 is 0. The van der Waals surface area contributed by atoms with E-state index in [-0.39, 0.29) is 5.82 Å². The van der Waals surface area contributed by atoms with Crippen molar-refractivity contribution in [1.82, 2.24) is 10.3 Å². The zero-order valence-corrected chi connectivity index (χ0v) is 12.1. The molecule has 0 saturated heterocycles.